The van der Waals surface area contributed by atoms with Gasteiger partial charge in [-0.15, -0.1) is 24.2 Å². The summed E-state index contributed by atoms with van der Waals surface area (Å²) in [5.41, 5.74) is 1.33. The minimum Gasteiger partial charge on any atom is -0.352 e. The molecule has 2 N–H and O–H groups in total. The molecule has 1 aromatic rings. The van der Waals surface area contributed by atoms with Crippen LogP contribution in [0.5, 0.6) is 0 Å². The average Bonchev–Trinajstić information content (AvgIpc) is 2.48. The number of carbonyl (C=O) groups excluding carboxylic acids is 1. The van der Waals surface area contributed by atoms with Crippen LogP contribution in [0.3, 0.4) is 0 Å². The van der Waals surface area contributed by atoms with Crippen LogP contribution in [0.4, 0.5) is 0 Å². The lowest BCUT2D eigenvalue weighted by Crippen LogP contribution is -2.29. The molecule has 0 aromatic heterocycles. The van der Waals surface area contributed by atoms with Crippen molar-refractivity contribution in [2.75, 3.05) is 25.4 Å². The van der Waals surface area contributed by atoms with Crippen molar-refractivity contribution in [2.45, 2.75) is 17.7 Å². The molecule has 1 heterocycles. The Morgan fingerprint density at radius 1 is 1.33 bits per heavy atom. The van der Waals surface area contributed by atoms with E-state index in [1.54, 1.807) is 11.8 Å². The zero-order valence-electron chi connectivity index (χ0n) is 11.7. The third-order valence-electron chi connectivity index (χ3n) is 3.08. The van der Waals surface area contributed by atoms with Crippen LogP contribution in [0.15, 0.2) is 45.3 Å². The van der Waals surface area contributed by atoms with Crippen molar-refractivity contribution in [1.29, 1.82) is 0 Å². The first kappa shape index (κ1) is 18.6. The minimum absolute atomic E-state index is 0. The van der Waals surface area contributed by atoms with Gasteiger partial charge in [-0.05, 0) is 37.2 Å². The van der Waals surface area contributed by atoms with Gasteiger partial charge in [0.15, 0.2) is 0 Å². The van der Waals surface area contributed by atoms with Crippen LogP contribution in [-0.2, 0) is 4.79 Å². The Labute approximate surface area is 144 Å². The summed E-state index contributed by atoms with van der Waals surface area (Å²) >= 11 is 5.12. The van der Waals surface area contributed by atoms with E-state index in [1.807, 2.05) is 12.1 Å². The molecule has 0 unspecified atom stereocenters. The molecule has 1 amide bonds. The fraction of sp³-hybridized carbons (Fsp3) is 0.400. The molecule has 0 saturated carbocycles. The predicted octanol–water partition coefficient (Wildman–Crippen LogP) is 3.39. The summed E-state index contributed by atoms with van der Waals surface area (Å²) in [7, 11) is 0. The van der Waals surface area contributed by atoms with Crippen LogP contribution < -0.4 is 10.6 Å². The average molecular weight is 392 g/mol. The highest BCUT2D eigenvalue weighted by Gasteiger charge is 2.06. The zero-order chi connectivity index (χ0) is 14.2. The van der Waals surface area contributed by atoms with Crippen molar-refractivity contribution >= 4 is 46.0 Å². The molecule has 1 aromatic carbocycles. The first-order valence-corrected chi connectivity index (χ1v) is 8.55. The van der Waals surface area contributed by atoms with Gasteiger partial charge in [-0.25, -0.2) is 0 Å². The molecule has 21 heavy (non-hydrogen) atoms. The van der Waals surface area contributed by atoms with E-state index in [2.05, 4.69) is 44.8 Å². The second-order valence-electron chi connectivity index (χ2n) is 4.65. The summed E-state index contributed by atoms with van der Waals surface area (Å²) in [5, 5.41) is 6.25. The van der Waals surface area contributed by atoms with Gasteiger partial charge in [-0.2, -0.15) is 0 Å². The van der Waals surface area contributed by atoms with Gasteiger partial charge in [0.2, 0.25) is 5.91 Å². The van der Waals surface area contributed by atoms with Crippen LogP contribution in [0, 0.1) is 0 Å². The molecular weight excluding hydrogens is 372 g/mol. The van der Waals surface area contributed by atoms with Gasteiger partial charge in [-0.1, -0.05) is 27.6 Å². The summed E-state index contributed by atoms with van der Waals surface area (Å²) in [5.74, 6) is 0.947. The molecule has 0 aliphatic carbocycles. The highest BCUT2D eigenvalue weighted by molar-refractivity contribution is 9.10. The zero-order valence-corrected chi connectivity index (χ0v) is 15.0. The van der Waals surface area contributed by atoms with Crippen molar-refractivity contribution in [3.05, 3.63) is 40.4 Å². The molecule has 0 radical (unpaired) electrons. The summed E-state index contributed by atoms with van der Waals surface area (Å²) < 4.78 is 1.08. The number of nitrogens with one attached hydrogen (secondary N) is 2. The SMILES string of the molecule is Cl.O=C(CCSc1ccc(Br)cc1)NCC1=CCNCC1. The molecule has 0 atom stereocenters. The fourth-order valence-electron chi connectivity index (χ4n) is 1.92. The van der Waals surface area contributed by atoms with Gasteiger partial charge in [0, 0.05) is 34.6 Å². The molecule has 0 bridgehead atoms. The number of thioether (sulfide) groups is 1. The molecule has 0 spiro atoms. The van der Waals surface area contributed by atoms with E-state index in [0.717, 1.165) is 29.7 Å². The second kappa shape index (κ2) is 10.3. The lowest BCUT2D eigenvalue weighted by molar-refractivity contribution is -0.120. The number of rotatable bonds is 6. The maximum absolute atomic E-state index is 11.8. The van der Waals surface area contributed by atoms with Crippen molar-refractivity contribution in [3.63, 3.8) is 0 Å². The number of hydrogen-bond acceptors (Lipinski definition) is 3. The van der Waals surface area contributed by atoms with Crippen LogP contribution in [-0.4, -0.2) is 31.3 Å². The Balaban J connectivity index is 0.00000220. The largest absolute Gasteiger partial charge is 0.352 e. The summed E-state index contributed by atoms with van der Waals surface area (Å²) in [6.07, 6.45) is 3.76. The van der Waals surface area contributed by atoms with Crippen molar-refractivity contribution in [1.82, 2.24) is 10.6 Å². The van der Waals surface area contributed by atoms with E-state index in [4.69, 9.17) is 0 Å². The van der Waals surface area contributed by atoms with E-state index in [0.29, 0.717) is 13.0 Å². The van der Waals surface area contributed by atoms with E-state index < -0.39 is 0 Å². The number of hydrogen-bond donors (Lipinski definition) is 2. The van der Waals surface area contributed by atoms with Gasteiger partial charge in [-0.3, -0.25) is 4.79 Å². The lowest BCUT2D eigenvalue weighted by atomic mass is 10.1. The molecule has 116 valence electrons. The third-order valence-corrected chi connectivity index (χ3v) is 4.62. The van der Waals surface area contributed by atoms with Crippen LogP contribution in [0.25, 0.3) is 0 Å². The van der Waals surface area contributed by atoms with Gasteiger partial charge in [0.05, 0.1) is 0 Å². The summed E-state index contributed by atoms with van der Waals surface area (Å²) in [6.45, 7) is 2.63. The Morgan fingerprint density at radius 2 is 2.10 bits per heavy atom. The Hall–Kier alpha value is -0.490. The van der Waals surface area contributed by atoms with Crippen molar-refractivity contribution in [2.24, 2.45) is 0 Å². The summed E-state index contributed by atoms with van der Waals surface area (Å²) in [4.78, 5) is 13.0. The van der Waals surface area contributed by atoms with E-state index >= 15 is 0 Å². The Kier molecular flexibility index (Phi) is 9.08. The van der Waals surface area contributed by atoms with E-state index in [9.17, 15) is 4.79 Å². The maximum Gasteiger partial charge on any atom is 0.221 e. The van der Waals surface area contributed by atoms with Crippen LogP contribution >= 0.6 is 40.1 Å². The highest BCUT2D eigenvalue weighted by Crippen LogP contribution is 2.21. The number of benzene rings is 1. The fourth-order valence-corrected chi connectivity index (χ4v) is 3.04. The third kappa shape index (κ3) is 7.36. The molecule has 1 aliphatic rings. The Morgan fingerprint density at radius 3 is 2.76 bits per heavy atom. The van der Waals surface area contributed by atoms with Crippen molar-refractivity contribution in [3.8, 4) is 0 Å². The molecule has 2 rings (SSSR count). The van der Waals surface area contributed by atoms with Gasteiger partial charge >= 0.3 is 0 Å². The molecule has 6 heteroatoms. The molecule has 3 nitrogen and oxygen atoms in total. The maximum atomic E-state index is 11.8. The smallest absolute Gasteiger partial charge is 0.221 e. The Bertz CT molecular complexity index is 479. The number of halogens is 2. The molecule has 0 saturated heterocycles. The normalized spacial score (nSPS) is 14.0. The van der Waals surface area contributed by atoms with Crippen LogP contribution in [0.2, 0.25) is 0 Å². The first-order valence-electron chi connectivity index (χ1n) is 6.78. The van der Waals surface area contributed by atoms with E-state index in [-0.39, 0.29) is 18.3 Å². The highest BCUT2D eigenvalue weighted by atomic mass is 79.9. The second-order valence-corrected chi connectivity index (χ2v) is 6.73. The number of amides is 1. The summed E-state index contributed by atoms with van der Waals surface area (Å²) in [6, 6.07) is 8.16. The topological polar surface area (TPSA) is 41.1 Å². The lowest BCUT2D eigenvalue weighted by Gasteiger charge is -2.14. The predicted molar refractivity (Wildman–Crippen MR) is 95.3 cm³/mol. The van der Waals surface area contributed by atoms with Gasteiger partial charge in [0.1, 0.15) is 0 Å². The molecule has 1 aliphatic heterocycles. The molecular formula is C15H20BrClN2OS. The van der Waals surface area contributed by atoms with Gasteiger partial charge < -0.3 is 10.6 Å². The number of carbonyl (C=O) groups is 1. The monoisotopic (exact) mass is 390 g/mol. The first-order chi connectivity index (χ1) is 9.74. The minimum atomic E-state index is 0. The quantitative estimate of drug-likeness (QED) is 0.577. The molecule has 0 fully saturated rings. The van der Waals surface area contributed by atoms with E-state index in [1.165, 1.54) is 10.5 Å². The standard InChI is InChI=1S/C15H19BrN2OS.ClH/c16-13-1-3-14(4-2-13)20-10-7-15(19)18-11-12-5-8-17-9-6-12;/h1-5,17H,6-11H2,(H,18,19);1H. The van der Waals surface area contributed by atoms with Crippen molar-refractivity contribution < 1.29 is 4.79 Å². The van der Waals surface area contributed by atoms with Gasteiger partial charge in [0.25, 0.3) is 0 Å². The van der Waals surface area contributed by atoms with Crippen LogP contribution in [0.1, 0.15) is 12.8 Å².